The molecule has 0 aliphatic carbocycles. The summed E-state index contributed by atoms with van der Waals surface area (Å²) >= 11 is 3.19. The predicted molar refractivity (Wildman–Crippen MR) is 72.5 cm³/mol. The molecule has 1 aromatic heterocycles. The Bertz CT molecular complexity index is 397. The van der Waals surface area contributed by atoms with Crippen molar-refractivity contribution < 1.29 is 9.21 Å². The summed E-state index contributed by atoms with van der Waals surface area (Å²) in [6, 6.07) is 3.61. The van der Waals surface area contributed by atoms with E-state index >= 15 is 0 Å². The van der Waals surface area contributed by atoms with Crippen LogP contribution in [-0.4, -0.2) is 18.3 Å². The molecular weight excluding hydrogens is 240 g/mol. The number of hydrogen-bond acceptors (Lipinski definition) is 4. The Morgan fingerprint density at radius 1 is 1.38 bits per heavy atom. The highest BCUT2D eigenvalue weighted by molar-refractivity contribution is 8.21. The lowest BCUT2D eigenvalue weighted by Crippen LogP contribution is -1.96. The van der Waals surface area contributed by atoms with Crippen molar-refractivity contribution >= 4 is 35.4 Å². The van der Waals surface area contributed by atoms with Crippen LogP contribution in [0.25, 0.3) is 6.08 Å². The molecule has 4 heteroatoms. The van der Waals surface area contributed by atoms with E-state index in [0.29, 0.717) is 5.76 Å². The Morgan fingerprint density at radius 2 is 2.06 bits per heavy atom. The molecule has 0 aliphatic rings. The molecule has 0 atom stereocenters. The molecule has 0 unspecified atom stereocenters. The molecule has 0 saturated heterocycles. The Labute approximate surface area is 104 Å². The van der Waals surface area contributed by atoms with Crippen molar-refractivity contribution in [2.75, 3.05) is 12.5 Å². The number of ketones is 1. The molecule has 1 rings (SSSR count). The van der Waals surface area contributed by atoms with Gasteiger partial charge in [0.1, 0.15) is 5.76 Å². The maximum absolute atomic E-state index is 11.8. The average Bonchev–Trinajstić information content (AvgIpc) is 2.80. The molecule has 0 N–H and O–H groups in total. The normalized spacial score (nSPS) is 10.7. The van der Waals surface area contributed by atoms with Gasteiger partial charge in [-0.25, -0.2) is 0 Å². The van der Waals surface area contributed by atoms with E-state index in [4.69, 9.17) is 4.42 Å². The first kappa shape index (κ1) is 13.2. The van der Waals surface area contributed by atoms with Crippen molar-refractivity contribution in [1.82, 2.24) is 0 Å². The topological polar surface area (TPSA) is 30.2 Å². The van der Waals surface area contributed by atoms with Crippen LogP contribution >= 0.6 is 23.5 Å². The van der Waals surface area contributed by atoms with E-state index in [1.165, 1.54) is 0 Å². The maximum Gasteiger partial charge on any atom is 0.183 e. The van der Waals surface area contributed by atoms with E-state index in [9.17, 15) is 4.79 Å². The Kier molecular flexibility index (Phi) is 5.49. The number of rotatable bonds is 5. The van der Waals surface area contributed by atoms with Crippen molar-refractivity contribution in [1.29, 1.82) is 0 Å². The van der Waals surface area contributed by atoms with Gasteiger partial charge >= 0.3 is 0 Å². The summed E-state index contributed by atoms with van der Waals surface area (Å²) in [5.74, 6) is 0.714. The molecule has 0 aromatic carbocycles. The summed E-state index contributed by atoms with van der Waals surface area (Å²) in [7, 11) is 0. The fourth-order valence-corrected chi connectivity index (χ4v) is 2.64. The summed E-state index contributed by atoms with van der Waals surface area (Å²) in [5, 5.41) is 0. The van der Waals surface area contributed by atoms with Gasteiger partial charge in [0.05, 0.1) is 6.26 Å². The molecule has 1 heterocycles. The van der Waals surface area contributed by atoms with Gasteiger partial charge in [0, 0.05) is 9.81 Å². The molecular formula is C12H14O2S2. The maximum atomic E-state index is 11.8. The van der Waals surface area contributed by atoms with Crippen LogP contribution in [0, 0.1) is 0 Å². The van der Waals surface area contributed by atoms with Crippen LogP contribution in [0.1, 0.15) is 12.7 Å². The number of carbonyl (C=O) groups excluding carboxylic acids is 1. The van der Waals surface area contributed by atoms with E-state index in [-0.39, 0.29) is 5.78 Å². The van der Waals surface area contributed by atoms with E-state index < -0.39 is 0 Å². The first-order valence-electron chi connectivity index (χ1n) is 4.73. The zero-order valence-corrected chi connectivity index (χ0v) is 11.2. The zero-order valence-electron chi connectivity index (χ0n) is 9.52. The molecule has 2 nitrogen and oxygen atoms in total. The molecule has 0 spiro atoms. The van der Waals surface area contributed by atoms with Crippen LogP contribution < -0.4 is 0 Å². The Balaban J connectivity index is 2.76. The Morgan fingerprint density at radius 3 is 2.56 bits per heavy atom. The number of allylic oxidation sites excluding steroid dienone is 2. The van der Waals surface area contributed by atoms with Crippen LogP contribution in [0.3, 0.4) is 0 Å². The highest BCUT2D eigenvalue weighted by atomic mass is 32.2. The van der Waals surface area contributed by atoms with Crippen molar-refractivity contribution in [3.8, 4) is 0 Å². The van der Waals surface area contributed by atoms with Crippen molar-refractivity contribution in [2.24, 2.45) is 0 Å². The van der Waals surface area contributed by atoms with Gasteiger partial charge in [-0.2, -0.15) is 0 Å². The Hall–Kier alpha value is -0.870. The fraction of sp³-hybridized carbons (Fsp3) is 0.250. The molecule has 0 fully saturated rings. The van der Waals surface area contributed by atoms with E-state index in [0.717, 1.165) is 9.81 Å². The minimum Gasteiger partial charge on any atom is -0.465 e. The summed E-state index contributed by atoms with van der Waals surface area (Å²) in [5.41, 5.74) is 0.780. The lowest BCUT2D eigenvalue weighted by Gasteiger charge is -2.02. The minimum atomic E-state index is 0.0232. The van der Waals surface area contributed by atoms with E-state index in [1.807, 2.05) is 25.5 Å². The third kappa shape index (κ3) is 3.61. The van der Waals surface area contributed by atoms with Crippen molar-refractivity contribution in [3.05, 3.63) is 40.0 Å². The van der Waals surface area contributed by atoms with Crippen LogP contribution in [0.5, 0.6) is 0 Å². The van der Waals surface area contributed by atoms with Gasteiger partial charge in [-0.1, -0.05) is 0 Å². The monoisotopic (exact) mass is 254 g/mol. The van der Waals surface area contributed by atoms with Crippen LogP contribution in [0.2, 0.25) is 0 Å². The van der Waals surface area contributed by atoms with Gasteiger partial charge in [0.2, 0.25) is 0 Å². The second kappa shape index (κ2) is 6.66. The fourth-order valence-electron chi connectivity index (χ4n) is 1.16. The van der Waals surface area contributed by atoms with Gasteiger partial charge in [0.25, 0.3) is 0 Å². The summed E-state index contributed by atoms with van der Waals surface area (Å²) in [6.45, 7) is 1.84. The molecule has 0 radical (unpaired) electrons. The molecule has 0 aliphatic heterocycles. The third-order valence-electron chi connectivity index (χ3n) is 1.99. The summed E-state index contributed by atoms with van der Waals surface area (Å²) in [6.07, 6.45) is 8.75. The lowest BCUT2D eigenvalue weighted by atomic mass is 10.2. The summed E-state index contributed by atoms with van der Waals surface area (Å²) in [4.78, 5) is 11.8. The number of furan rings is 1. The first-order valence-corrected chi connectivity index (χ1v) is 7.18. The highest BCUT2D eigenvalue weighted by Crippen LogP contribution is 2.27. The van der Waals surface area contributed by atoms with Gasteiger partial charge < -0.3 is 4.42 Å². The quantitative estimate of drug-likeness (QED) is 0.747. The molecule has 0 amide bonds. The highest BCUT2D eigenvalue weighted by Gasteiger charge is 2.06. The molecule has 0 bridgehead atoms. The average molecular weight is 254 g/mol. The van der Waals surface area contributed by atoms with Crippen LogP contribution in [0.4, 0.5) is 0 Å². The largest absolute Gasteiger partial charge is 0.465 e. The van der Waals surface area contributed by atoms with Crippen LogP contribution in [0.15, 0.2) is 38.7 Å². The van der Waals surface area contributed by atoms with E-state index in [1.54, 1.807) is 48.0 Å². The molecule has 0 saturated carbocycles. The smallest absolute Gasteiger partial charge is 0.183 e. The standard InChI is InChI=1S/C12H14O2S2/c1-9(12(15-2)16-3)11(13)7-6-10-5-4-8-14-10/h4-8H,1-3H3/b7-6+. The van der Waals surface area contributed by atoms with Crippen molar-refractivity contribution in [3.63, 3.8) is 0 Å². The first-order chi connectivity index (χ1) is 7.69. The van der Waals surface area contributed by atoms with Crippen LogP contribution in [-0.2, 0) is 4.79 Å². The molecule has 86 valence electrons. The number of thioether (sulfide) groups is 2. The minimum absolute atomic E-state index is 0.0232. The van der Waals surface area contributed by atoms with Gasteiger partial charge in [0.15, 0.2) is 5.78 Å². The third-order valence-corrected chi connectivity index (χ3v) is 4.34. The number of hydrogen-bond donors (Lipinski definition) is 0. The SMILES string of the molecule is CSC(SC)=C(C)C(=O)/C=C/c1ccco1. The number of carbonyl (C=O) groups is 1. The zero-order chi connectivity index (χ0) is 12.0. The van der Waals surface area contributed by atoms with Gasteiger partial charge in [-0.15, -0.1) is 23.5 Å². The second-order valence-electron chi connectivity index (χ2n) is 3.03. The molecule has 16 heavy (non-hydrogen) atoms. The predicted octanol–water partition coefficient (Wildman–Crippen LogP) is 3.82. The lowest BCUT2D eigenvalue weighted by molar-refractivity contribution is -0.111. The van der Waals surface area contributed by atoms with Crippen molar-refractivity contribution in [2.45, 2.75) is 6.92 Å². The van der Waals surface area contributed by atoms with Gasteiger partial charge in [-0.3, -0.25) is 4.79 Å². The van der Waals surface area contributed by atoms with E-state index in [2.05, 4.69) is 0 Å². The summed E-state index contributed by atoms with van der Waals surface area (Å²) < 4.78 is 6.16. The second-order valence-corrected chi connectivity index (χ2v) is 4.93. The van der Waals surface area contributed by atoms with Gasteiger partial charge in [-0.05, 0) is 43.7 Å². The molecule has 1 aromatic rings.